The van der Waals surface area contributed by atoms with Gasteiger partial charge < -0.3 is 4.90 Å². The lowest BCUT2D eigenvalue weighted by Crippen LogP contribution is -2.46. The molecule has 3 rings (SSSR count). The van der Waals surface area contributed by atoms with Gasteiger partial charge in [0.15, 0.2) is 0 Å². The SMILES string of the molecule is CCC1CCN(C2CCC(C#N)(NC3CC3)C2)CC1. The highest BCUT2D eigenvalue weighted by atomic mass is 15.2. The van der Waals surface area contributed by atoms with Crippen LogP contribution in [0, 0.1) is 17.2 Å². The maximum absolute atomic E-state index is 9.56. The summed E-state index contributed by atoms with van der Waals surface area (Å²) in [5, 5.41) is 13.2. The molecule has 19 heavy (non-hydrogen) atoms. The van der Waals surface area contributed by atoms with E-state index >= 15 is 0 Å². The molecule has 3 fully saturated rings. The molecule has 0 amide bonds. The van der Waals surface area contributed by atoms with Crippen LogP contribution in [-0.2, 0) is 0 Å². The zero-order valence-electron chi connectivity index (χ0n) is 12.2. The van der Waals surface area contributed by atoms with Gasteiger partial charge in [0.25, 0.3) is 0 Å². The van der Waals surface area contributed by atoms with E-state index in [9.17, 15) is 5.26 Å². The first-order valence-electron chi connectivity index (χ1n) is 8.17. The Morgan fingerprint density at radius 1 is 1.21 bits per heavy atom. The Kier molecular flexibility index (Phi) is 3.82. The molecule has 0 aromatic carbocycles. The highest BCUT2D eigenvalue weighted by Crippen LogP contribution is 2.37. The summed E-state index contributed by atoms with van der Waals surface area (Å²) in [7, 11) is 0. The summed E-state index contributed by atoms with van der Waals surface area (Å²) in [5.74, 6) is 0.947. The second-order valence-electron chi connectivity index (χ2n) is 6.90. The van der Waals surface area contributed by atoms with Gasteiger partial charge in [-0.15, -0.1) is 0 Å². The van der Waals surface area contributed by atoms with Crippen molar-refractivity contribution in [2.24, 2.45) is 5.92 Å². The lowest BCUT2D eigenvalue weighted by molar-refractivity contribution is 0.129. The molecule has 1 N–H and O–H groups in total. The standard InChI is InChI=1S/C16H27N3/c1-2-13-6-9-19(10-7-13)15-5-8-16(11-15,12-17)18-14-3-4-14/h13-15,18H,2-11H2,1H3. The molecule has 0 spiro atoms. The van der Waals surface area contributed by atoms with Crippen molar-refractivity contribution in [2.45, 2.75) is 75.9 Å². The molecule has 0 aromatic rings. The van der Waals surface area contributed by atoms with Gasteiger partial charge in [0.1, 0.15) is 5.54 Å². The van der Waals surface area contributed by atoms with E-state index in [4.69, 9.17) is 0 Å². The van der Waals surface area contributed by atoms with Gasteiger partial charge in [0, 0.05) is 12.1 Å². The van der Waals surface area contributed by atoms with Crippen LogP contribution < -0.4 is 5.32 Å². The fraction of sp³-hybridized carbons (Fsp3) is 0.938. The lowest BCUT2D eigenvalue weighted by Gasteiger charge is -2.36. The van der Waals surface area contributed by atoms with Gasteiger partial charge in [-0.2, -0.15) is 5.26 Å². The van der Waals surface area contributed by atoms with E-state index in [0.29, 0.717) is 12.1 Å². The van der Waals surface area contributed by atoms with Crippen molar-refractivity contribution in [3.05, 3.63) is 0 Å². The summed E-state index contributed by atoms with van der Waals surface area (Å²) in [6.07, 6.45) is 9.93. The first kappa shape index (κ1) is 13.4. The van der Waals surface area contributed by atoms with Crippen molar-refractivity contribution in [2.75, 3.05) is 13.1 Å². The number of nitrogens with zero attached hydrogens (tertiary/aromatic N) is 2. The maximum Gasteiger partial charge on any atom is 0.108 e. The van der Waals surface area contributed by atoms with Crippen LogP contribution in [0.15, 0.2) is 0 Å². The Bertz CT molecular complexity index is 349. The number of hydrogen-bond acceptors (Lipinski definition) is 3. The van der Waals surface area contributed by atoms with Crippen LogP contribution in [0.4, 0.5) is 0 Å². The fourth-order valence-electron chi connectivity index (χ4n) is 3.94. The van der Waals surface area contributed by atoms with Crippen LogP contribution in [0.5, 0.6) is 0 Å². The Morgan fingerprint density at radius 3 is 2.53 bits per heavy atom. The molecular weight excluding hydrogens is 234 g/mol. The van der Waals surface area contributed by atoms with Gasteiger partial charge >= 0.3 is 0 Å². The third kappa shape index (κ3) is 2.95. The second kappa shape index (κ2) is 5.42. The quantitative estimate of drug-likeness (QED) is 0.845. The summed E-state index contributed by atoms with van der Waals surface area (Å²) in [5.41, 5.74) is -0.201. The van der Waals surface area contributed by atoms with Crippen LogP contribution >= 0.6 is 0 Å². The smallest absolute Gasteiger partial charge is 0.108 e. The highest BCUT2D eigenvalue weighted by Gasteiger charge is 2.44. The molecule has 1 heterocycles. The van der Waals surface area contributed by atoms with Crippen molar-refractivity contribution in [1.29, 1.82) is 5.26 Å². The van der Waals surface area contributed by atoms with Gasteiger partial charge in [-0.1, -0.05) is 13.3 Å². The minimum Gasteiger partial charge on any atom is -0.300 e. The van der Waals surface area contributed by atoms with Crippen LogP contribution in [-0.4, -0.2) is 35.6 Å². The van der Waals surface area contributed by atoms with Crippen molar-refractivity contribution in [1.82, 2.24) is 10.2 Å². The largest absolute Gasteiger partial charge is 0.300 e. The highest BCUT2D eigenvalue weighted by molar-refractivity contribution is 5.15. The molecule has 0 bridgehead atoms. The topological polar surface area (TPSA) is 39.1 Å². The molecule has 2 unspecified atom stereocenters. The van der Waals surface area contributed by atoms with Gasteiger partial charge in [-0.25, -0.2) is 0 Å². The van der Waals surface area contributed by atoms with Crippen LogP contribution in [0.2, 0.25) is 0 Å². The molecule has 3 heteroatoms. The molecule has 1 aliphatic heterocycles. The molecule has 0 radical (unpaired) electrons. The van der Waals surface area contributed by atoms with E-state index in [2.05, 4.69) is 23.2 Å². The fourth-order valence-corrected chi connectivity index (χ4v) is 3.94. The van der Waals surface area contributed by atoms with E-state index in [1.165, 1.54) is 51.6 Å². The molecule has 106 valence electrons. The summed E-state index contributed by atoms with van der Waals surface area (Å²) in [6.45, 7) is 4.83. The second-order valence-corrected chi connectivity index (χ2v) is 6.90. The van der Waals surface area contributed by atoms with Crippen LogP contribution in [0.25, 0.3) is 0 Å². The van der Waals surface area contributed by atoms with Crippen molar-refractivity contribution < 1.29 is 0 Å². The monoisotopic (exact) mass is 261 g/mol. The minimum absolute atomic E-state index is 0.201. The molecule has 2 saturated carbocycles. The number of rotatable bonds is 4. The predicted octanol–water partition coefficient (Wildman–Crippen LogP) is 2.68. The van der Waals surface area contributed by atoms with Gasteiger partial charge in [-0.05, 0) is 64.0 Å². The zero-order chi connectivity index (χ0) is 13.3. The van der Waals surface area contributed by atoms with E-state index in [-0.39, 0.29) is 5.54 Å². The van der Waals surface area contributed by atoms with Gasteiger partial charge in [0.05, 0.1) is 6.07 Å². The first-order chi connectivity index (χ1) is 9.24. The van der Waals surface area contributed by atoms with Crippen molar-refractivity contribution >= 4 is 0 Å². The first-order valence-corrected chi connectivity index (χ1v) is 8.17. The molecule has 3 aliphatic rings. The van der Waals surface area contributed by atoms with Crippen molar-refractivity contribution in [3.8, 4) is 6.07 Å². The summed E-state index contributed by atoms with van der Waals surface area (Å²) in [4.78, 5) is 2.67. The van der Waals surface area contributed by atoms with E-state index < -0.39 is 0 Å². The van der Waals surface area contributed by atoms with E-state index in [1.54, 1.807) is 0 Å². The van der Waals surface area contributed by atoms with E-state index in [0.717, 1.165) is 18.8 Å². The number of piperidine rings is 1. The van der Waals surface area contributed by atoms with Gasteiger partial charge in [0.2, 0.25) is 0 Å². The third-order valence-corrected chi connectivity index (χ3v) is 5.50. The Labute approximate surface area is 117 Å². The van der Waals surface area contributed by atoms with E-state index in [1.807, 2.05) is 0 Å². The third-order valence-electron chi connectivity index (χ3n) is 5.50. The lowest BCUT2D eigenvalue weighted by atomic mass is 9.93. The van der Waals surface area contributed by atoms with Gasteiger partial charge in [-0.3, -0.25) is 5.32 Å². The Morgan fingerprint density at radius 2 is 1.95 bits per heavy atom. The number of likely N-dealkylation sites (tertiary alicyclic amines) is 1. The molecule has 2 aliphatic carbocycles. The molecular formula is C16H27N3. The summed E-state index contributed by atoms with van der Waals surface area (Å²) < 4.78 is 0. The predicted molar refractivity (Wildman–Crippen MR) is 76.7 cm³/mol. The number of nitrogens with one attached hydrogen (secondary N) is 1. The molecule has 3 nitrogen and oxygen atoms in total. The molecule has 2 atom stereocenters. The number of nitriles is 1. The summed E-state index contributed by atoms with van der Waals surface area (Å²) >= 11 is 0. The molecule has 1 saturated heterocycles. The maximum atomic E-state index is 9.56. The molecule has 0 aromatic heterocycles. The average Bonchev–Trinajstić information content (AvgIpc) is 3.16. The Hall–Kier alpha value is -0.590. The Balaban J connectivity index is 1.54. The zero-order valence-corrected chi connectivity index (χ0v) is 12.2. The van der Waals surface area contributed by atoms with Crippen LogP contribution in [0.1, 0.15) is 58.3 Å². The van der Waals surface area contributed by atoms with Crippen molar-refractivity contribution in [3.63, 3.8) is 0 Å². The summed E-state index contributed by atoms with van der Waals surface area (Å²) in [6, 6.07) is 3.90. The minimum atomic E-state index is -0.201. The number of hydrogen-bond donors (Lipinski definition) is 1. The van der Waals surface area contributed by atoms with Crippen LogP contribution in [0.3, 0.4) is 0 Å². The normalized spacial score (nSPS) is 37.4. The average molecular weight is 261 g/mol.